The van der Waals surface area contributed by atoms with E-state index in [1.165, 1.54) is 23.1 Å². The van der Waals surface area contributed by atoms with E-state index in [2.05, 4.69) is 15.5 Å². The monoisotopic (exact) mass is 420 g/mol. The average Bonchev–Trinajstić information content (AvgIpc) is 3.40. The number of methoxy groups -OCH3 is 1. The number of rotatable bonds is 8. The number of amides is 2. The van der Waals surface area contributed by atoms with Crippen LogP contribution in [0.4, 0.5) is 10.8 Å². The van der Waals surface area contributed by atoms with Crippen molar-refractivity contribution in [3.05, 3.63) is 23.8 Å². The molecule has 1 aromatic carbocycles. The topological polar surface area (TPSA) is 84.4 Å². The summed E-state index contributed by atoms with van der Waals surface area (Å²) in [6, 6.07) is 5.88. The second-order valence-electron chi connectivity index (χ2n) is 6.65. The third-order valence-electron chi connectivity index (χ3n) is 4.34. The number of benzene rings is 1. The van der Waals surface area contributed by atoms with Gasteiger partial charge in [-0.1, -0.05) is 36.1 Å². The molecule has 1 saturated carbocycles. The molecule has 1 fully saturated rings. The van der Waals surface area contributed by atoms with Gasteiger partial charge in [-0.25, -0.2) is 0 Å². The fourth-order valence-electron chi connectivity index (χ4n) is 2.68. The van der Waals surface area contributed by atoms with Gasteiger partial charge >= 0.3 is 0 Å². The fourth-order valence-corrected chi connectivity index (χ4v) is 4.75. The molecule has 2 amide bonds. The Bertz CT molecular complexity index is 867. The Hall–Kier alpha value is -2.13. The Labute approximate surface area is 172 Å². The van der Waals surface area contributed by atoms with Crippen molar-refractivity contribution in [3.8, 4) is 5.75 Å². The van der Waals surface area contributed by atoms with Gasteiger partial charge in [-0.05, 0) is 44.4 Å². The van der Waals surface area contributed by atoms with Crippen LogP contribution in [0.25, 0.3) is 0 Å². The summed E-state index contributed by atoms with van der Waals surface area (Å²) in [5, 5.41) is 11.5. The summed E-state index contributed by atoms with van der Waals surface area (Å²) >= 11 is 2.69. The van der Waals surface area contributed by atoms with Crippen molar-refractivity contribution in [1.82, 2.24) is 10.2 Å². The fraction of sp³-hybridized carbons (Fsp3) is 0.474. The van der Waals surface area contributed by atoms with Gasteiger partial charge < -0.3 is 10.1 Å². The predicted octanol–water partition coefficient (Wildman–Crippen LogP) is 3.88. The zero-order chi connectivity index (χ0) is 20.3. The number of ether oxygens (including phenoxy) is 1. The molecule has 1 heterocycles. The van der Waals surface area contributed by atoms with Crippen LogP contribution in [0.1, 0.15) is 38.7 Å². The summed E-state index contributed by atoms with van der Waals surface area (Å²) in [6.45, 7) is 5.62. The second kappa shape index (κ2) is 8.91. The molecule has 0 radical (unpaired) electrons. The molecule has 9 heteroatoms. The minimum Gasteiger partial charge on any atom is -0.495 e. The summed E-state index contributed by atoms with van der Waals surface area (Å²) in [5.74, 6) is 0.536. The van der Waals surface area contributed by atoms with Gasteiger partial charge in [-0.15, -0.1) is 10.2 Å². The number of nitrogens with zero attached hydrogens (tertiary/aromatic N) is 3. The lowest BCUT2D eigenvalue weighted by Gasteiger charge is -2.17. The Morgan fingerprint density at radius 2 is 2.14 bits per heavy atom. The van der Waals surface area contributed by atoms with E-state index < -0.39 is 0 Å². The first-order valence-corrected chi connectivity index (χ1v) is 10.9. The van der Waals surface area contributed by atoms with Gasteiger partial charge in [0.15, 0.2) is 4.34 Å². The number of carbonyl (C=O) groups excluding carboxylic acids is 2. The van der Waals surface area contributed by atoms with E-state index in [-0.39, 0.29) is 23.1 Å². The van der Waals surface area contributed by atoms with Crippen LogP contribution < -0.4 is 15.0 Å². The molecule has 0 saturated heterocycles. The Morgan fingerprint density at radius 3 is 2.79 bits per heavy atom. The largest absolute Gasteiger partial charge is 0.495 e. The van der Waals surface area contributed by atoms with Crippen LogP contribution in [-0.4, -0.2) is 40.4 Å². The molecule has 1 N–H and O–H groups in total. The molecule has 1 aromatic heterocycles. The van der Waals surface area contributed by atoms with Crippen molar-refractivity contribution in [2.75, 3.05) is 17.3 Å². The lowest BCUT2D eigenvalue weighted by Crippen LogP contribution is -2.32. The minimum atomic E-state index is -0.373. The van der Waals surface area contributed by atoms with Gasteiger partial charge in [0.1, 0.15) is 5.75 Å². The summed E-state index contributed by atoms with van der Waals surface area (Å²) in [4.78, 5) is 26.6. The van der Waals surface area contributed by atoms with Crippen LogP contribution in [0, 0.1) is 6.92 Å². The Balaban J connectivity index is 1.65. The first kappa shape index (κ1) is 20.6. The van der Waals surface area contributed by atoms with Gasteiger partial charge in [-0.3, -0.25) is 14.5 Å². The molecular weight excluding hydrogens is 396 g/mol. The van der Waals surface area contributed by atoms with E-state index >= 15 is 0 Å². The van der Waals surface area contributed by atoms with Crippen molar-refractivity contribution < 1.29 is 14.3 Å². The first-order chi connectivity index (χ1) is 13.4. The smallest absolute Gasteiger partial charge is 0.237 e. The second-order valence-corrected chi connectivity index (χ2v) is 9.20. The van der Waals surface area contributed by atoms with Crippen LogP contribution in [-0.2, 0) is 9.59 Å². The highest BCUT2D eigenvalue weighted by atomic mass is 32.2. The number of hydrogen-bond acceptors (Lipinski definition) is 7. The normalized spacial score (nSPS) is 14.4. The number of anilines is 2. The van der Waals surface area contributed by atoms with Crippen molar-refractivity contribution in [3.63, 3.8) is 0 Å². The minimum absolute atomic E-state index is 0.0625. The summed E-state index contributed by atoms with van der Waals surface area (Å²) < 4.78 is 5.98. The quantitative estimate of drug-likeness (QED) is 0.515. The molecule has 1 aliphatic carbocycles. The summed E-state index contributed by atoms with van der Waals surface area (Å²) in [7, 11) is 1.57. The van der Waals surface area contributed by atoms with Crippen molar-refractivity contribution in [2.24, 2.45) is 0 Å². The predicted molar refractivity (Wildman–Crippen MR) is 112 cm³/mol. The highest BCUT2D eigenvalue weighted by molar-refractivity contribution is 8.02. The molecular formula is C19H24N4O3S2. The van der Waals surface area contributed by atoms with E-state index in [0.29, 0.717) is 27.3 Å². The van der Waals surface area contributed by atoms with Crippen molar-refractivity contribution >= 4 is 45.7 Å². The molecule has 28 heavy (non-hydrogen) atoms. The van der Waals surface area contributed by atoms with Crippen LogP contribution in [0.3, 0.4) is 0 Å². The molecule has 0 aliphatic heterocycles. The first-order valence-electron chi connectivity index (χ1n) is 9.20. The van der Waals surface area contributed by atoms with Crippen molar-refractivity contribution in [1.29, 1.82) is 0 Å². The number of nitrogens with one attached hydrogen (secondary N) is 1. The zero-order valence-electron chi connectivity index (χ0n) is 16.4. The molecule has 0 spiro atoms. The van der Waals surface area contributed by atoms with E-state index in [0.717, 1.165) is 18.4 Å². The SMILES string of the molecule is CCC(=O)N(c1nnc(S[C@@H](C)C(=O)Nc2cc(C)ccc2OC)s1)C1CC1. The maximum absolute atomic E-state index is 12.6. The van der Waals surface area contributed by atoms with Crippen LogP contribution in [0.5, 0.6) is 5.75 Å². The Kier molecular flexibility index (Phi) is 6.56. The molecule has 0 bridgehead atoms. The molecule has 0 unspecified atom stereocenters. The number of aryl methyl sites for hydroxylation is 1. The molecule has 3 rings (SSSR count). The van der Waals surface area contributed by atoms with Gasteiger partial charge in [0.2, 0.25) is 16.9 Å². The molecule has 1 atom stereocenters. The third-order valence-corrected chi connectivity index (χ3v) is 6.45. The molecule has 150 valence electrons. The zero-order valence-corrected chi connectivity index (χ0v) is 18.0. The summed E-state index contributed by atoms with van der Waals surface area (Å²) in [6.07, 6.45) is 2.45. The average molecular weight is 421 g/mol. The maximum atomic E-state index is 12.6. The van der Waals surface area contributed by atoms with E-state index in [1.54, 1.807) is 12.0 Å². The lowest BCUT2D eigenvalue weighted by molar-refractivity contribution is -0.118. The highest BCUT2D eigenvalue weighted by Crippen LogP contribution is 2.37. The standard InChI is InChI=1S/C19H24N4O3S2/c1-5-16(24)23(13-7-8-13)18-21-22-19(28-18)27-12(3)17(25)20-14-10-11(2)6-9-15(14)26-4/h6,9-10,12-13H,5,7-8H2,1-4H3,(H,20,25)/t12-/m0/s1. The van der Waals surface area contributed by atoms with Crippen LogP contribution in [0.2, 0.25) is 0 Å². The maximum Gasteiger partial charge on any atom is 0.237 e. The van der Waals surface area contributed by atoms with E-state index in [1.807, 2.05) is 39.0 Å². The van der Waals surface area contributed by atoms with Crippen LogP contribution in [0.15, 0.2) is 22.5 Å². The van der Waals surface area contributed by atoms with Gasteiger partial charge in [0.25, 0.3) is 0 Å². The van der Waals surface area contributed by atoms with Gasteiger partial charge in [0.05, 0.1) is 18.0 Å². The molecule has 1 aliphatic rings. The number of aromatic nitrogens is 2. The number of carbonyl (C=O) groups is 2. The van der Waals surface area contributed by atoms with Crippen LogP contribution >= 0.6 is 23.1 Å². The number of hydrogen-bond donors (Lipinski definition) is 1. The molecule has 7 nitrogen and oxygen atoms in total. The lowest BCUT2D eigenvalue weighted by atomic mass is 10.2. The van der Waals surface area contributed by atoms with E-state index in [4.69, 9.17) is 4.74 Å². The third kappa shape index (κ3) is 4.82. The highest BCUT2D eigenvalue weighted by Gasteiger charge is 2.35. The Morgan fingerprint density at radius 1 is 1.39 bits per heavy atom. The van der Waals surface area contributed by atoms with Gasteiger partial charge in [-0.2, -0.15) is 0 Å². The van der Waals surface area contributed by atoms with Crippen molar-refractivity contribution in [2.45, 2.75) is 55.7 Å². The summed E-state index contributed by atoms with van der Waals surface area (Å²) in [5.41, 5.74) is 1.68. The molecule has 2 aromatic rings. The number of thioether (sulfide) groups is 1. The van der Waals surface area contributed by atoms with Gasteiger partial charge in [0, 0.05) is 12.5 Å². The van der Waals surface area contributed by atoms with E-state index in [9.17, 15) is 9.59 Å².